The molecule has 0 bridgehead atoms. The standard InChI is InChI=1S/C10H6N2/c1-12-10-7-3-2-5-9(10)6-4-8-11/h2-7H/b6-4+. The molecule has 0 aliphatic heterocycles. The van der Waals surface area contributed by atoms with Crippen LogP contribution in [0, 0.1) is 17.9 Å². The molecule has 56 valence electrons. The second-order valence-corrected chi connectivity index (χ2v) is 2.13. The van der Waals surface area contributed by atoms with Gasteiger partial charge in [-0.1, -0.05) is 30.3 Å². The molecule has 0 unspecified atom stereocenters. The van der Waals surface area contributed by atoms with Crippen molar-refractivity contribution in [3.63, 3.8) is 0 Å². The van der Waals surface area contributed by atoms with Crippen molar-refractivity contribution in [2.75, 3.05) is 0 Å². The fraction of sp³-hybridized carbons (Fsp3) is 0. The lowest BCUT2D eigenvalue weighted by molar-refractivity contribution is 1.54. The summed E-state index contributed by atoms with van der Waals surface area (Å²) in [4.78, 5) is 3.31. The van der Waals surface area contributed by atoms with Crippen LogP contribution in [0.4, 0.5) is 5.69 Å². The monoisotopic (exact) mass is 154 g/mol. The Hall–Kier alpha value is -2.06. The first-order valence-corrected chi connectivity index (χ1v) is 3.41. The molecule has 0 fully saturated rings. The molecule has 0 amide bonds. The zero-order chi connectivity index (χ0) is 8.81. The molecule has 0 saturated carbocycles. The molecule has 2 nitrogen and oxygen atoms in total. The molecule has 2 heteroatoms. The summed E-state index contributed by atoms with van der Waals surface area (Å²) in [6.45, 7) is 6.83. The van der Waals surface area contributed by atoms with Gasteiger partial charge >= 0.3 is 0 Å². The minimum absolute atomic E-state index is 0.573. The van der Waals surface area contributed by atoms with Crippen molar-refractivity contribution in [3.05, 3.63) is 47.3 Å². The van der Waals surface area contributed by atoms with Crippen molar-refractivity contribution < 1.29 is 0 Å². The largest absolute Gasteiger partial charge is 0.238 e. The number of hydrogen-bond acceptors (Lipinski definition) is 1. The van der Waals surface area contributed by atoms with Gasteiger partial charge in [0, 0.05) is 6.08 Å². The van der Waals surface area contributed by atoms with E-state index < -0.39 is 0 Å². The molecule has 0 aliphatic carbocycles. The number of nitriles is 1. The molecule has 1 aromatic carbocycles. The zero-order valence-electron chi connectivity index (χ0n) is 6.36. The van der Waals surface area contributed by atoms with E-state index in [4.69, 9.17) is 11.8 Å². The van der Waals surface area contributed by atoms with E-state index in [-0.39, 0.29) is 0 Å². The van der Waals surface area contributed by atoms with Crippen LogP contribution < -0.4 is 0 Å². The van der Waals surface area contributed by atoms with E-state index in [2.05, 4.69) is 4.85 Å². The third kappa shape index (κ3) is 1.71. The van der Waals surface area contributed by atoms with Crippen LogP contribution in [-0.2, 0) is 0 Å². The molecule has 0 N–H and O–H groups in total. The van der Waals surface area contributed by atoms with Crippen LogP contribution in [0.1, 0.15) is 5.56 Å². The first kappa shape index (κ1) is 8.04. The summed E-state index contributed by atoms with van der Waals surface area (Å²) in [6.07, 6.45) is 3.00. The summed E-state index contributed by atoms with van der Waals surface area (Å²) in [5.74, 6) is 0. The molecule has 0 saturated heterocycles. The van der Waals surface area contributed by atoms with Gasteiger partial charge in [0.2, 0.25) is 0 Å². The summed E-state index contributed by atoms with van der Waals surface area (Å²) in [7, 11) is 0. The summed E-state index contributed by atoms with van der Waals surface area (Å²) in [6, 6.07) is 9.06. The van der Waals surface area contributed by atoms with Crippen molar-refractivity contribution in [1.29, 1.82) is 5.26 Å². The maximum absolute atomic E-state index is 8.28. The number of nitrogens with zero attached hydrogens (tertiary/aromatic N) is 2. The van der Waals surface area contributed by atoms with Gasteiger partial charge in [-0.25, -0.2) is 4.85 Å². The number of allylic oxidation sites excluding steroid dienone is 1. The SMILES string of the molecule is [C-]#[N+]c1ccccc1/C=C/C#N. The second-order valence-electron chi connectivity index (χ2n) is 2.13. The van der Waals surface area contributed by atoms with Crippen molar-refractivity contribution in [2.24, 2.45) is 0 Å². The molecule has 0 aliphatic rings. The number of rotatable bonds is 1. The van der Waals surface area contributed by atoms with E-state index in [1.54, 1.807) is 24.3 Å². The first-order valence-electron chi connectivity index (χ1n) is 3.41. The molecule has 1 aromatic rings. The Labute approximate surface area is 71.2 Å². The van der Waals surface area contributed by atoms with Crippen LogP contribution in [-0.4, -0.2) is 0 Å². The van der Waals surface area contributed by atoms with Gasteiger partial charge in [0.15, 0.2) is 5.69 Å². The van der Waals surface area contributed by atoms with Crippen LogP contribution in [0.3, 0.4) is 0 Å². The highest BCUT2D eigenvalue weighted by Crippen LogP contribution is 2.19. The maximum atomic E-state index is 8.28. The number of para-hydroxylation sites is 1. The van der Waals surface area contributed by atoms with Gasteiger partial charge in [0.1, 0.15) is 0 Å². The molecular formula is C10H6N2. The van der Waals surface area contributed by atoms with E-state index in [1.165, 1.54) is 6.08 Å². The Balaban J connectivity index is 3.09. The highest BCUT2D eigenvalue weighted by atomic mass is 14.6. The lowest BCUT2D eigenvalue weighted by atomic mass is 10.2. The minimum Gasteiger partial charge on any atom is -0.238 e. The fourth-order valence-corrected chi connectivity index (χ4v) is 0.857. The highest BCUT2D eigenvalue weighted by molar-refractivity contribution is 5.67. The van der Waals surface area contributed by atoms with Gasteiger partial charge in [-0.3, -0.25) is 0 Å². The number of hydrogen-bond donors (Lipinski definition) is 0. The Morgan fingerprint density at radius 1 is 1.42 bits per heavy atom. The molecule has 0 spiro atoms. The van der Waals surface area contributed by atoms with E-state index in [0.717, 1.165) is 5.56 Å². The van der Waals surface area contributed by atoms with Crippen molar-refractivity contribution in [3.8, 4) is 6.07 Å². The third-order valence-electron chi connectivity index (χ3n) is 1.39. The number of benzene rings is 1. The average Bonchev–Trinajstić information content (AvgIpc) is 2.15. The summed E-state index contributed by atoms with van der Waals surface area (Å²) < 4.78 is 0. The molecular weight excluding hydrogens is 148 g/mol. The van der Waals surface area contributed by atoms with Gasteiger partial charge in [0.25, 0.3) is 0 Å². The molecule has 0 radical (unpaired) electrons. The van der Waals surface area contributed by atoms with Crippen molar-refractivity contribution >= 4 is 11.8 Å². The van der Waals surface area contributed by atoms with Crippen molar-refractivity contribution in [1.82, 2.24) is 0 Å². The third-order valence-corrected chi connectivity index (χ3v) is 1.39. The normalized spacial score (nSPS) is 9.17. The van der Waals surface area contributed by atoms with Crippen LogP contribution in [0.5, 0.6) is 0 Å². The van der Waals surface area contributed by atoms with Crippen LogP contribution >= 0.6 is 0 Å². The van der Waals surface area contributed by atoms with Gasteiger partial charge in [-0.05, 0) is 5.56 Å². The second kappa shape index (κ2) is 3.95. The first-order chi connectivity index (χ1) is 5.88. The maximum Gasteiger partial charge on any atom is 0.194 e. The average molecular weight is 154 g/mol. The van der Waals surface area contributed by atoms with Gasteiger partial charge in [-0.2, -0.15) is 5.26 Å². The van der Waals surface area contributed by atoms with Crippen LogP contribution in [0.15, 0.2) is 30.3 Å². The van der Waals surface area contributed by atoms with Gasteiger partial charge in [0.05, 0.1) is 12.6 Å². The predicted molar refractivity (Wildman–Crippen MR) is 47.4 cm³/mol. The quantitative estimate of drug-likeness (QED) is 0.451. The molecule has 12 heavy (non-hydrogen) atoms. The Morgan fingerprint density at radius 2 is 2.17 bits per heavy atom. The highest BCUT2D eigenvalue weighted by Gasteiger charge is 1.94. The molecule has 1 rings (SSSR count). The smallest absolute Gasteiger partial charge is 0.194 e. The van der Waals surface area contributed by atoms with Crippen LogP contribution in [0.25, 0.3) is 10.9 Å². The predicted octanol–water partition coefficient (Wildman–Crippen LogP) is 2.77. The lowest BCUT2D eigenvalue weighted by Crippen LogP contribution is -1.69. The lowest BCUT2D eigenvalue weighted by Gasteiger charge is -1.93. The van der Waals surface area contributed by atoms with E-state index >= 15 is 0 Å². The minimum atomic E-state index is 0.573. The summed E-state index contributed by atoms with van der Waals surface area (Å²) in [5, 5.41) is 8.28. The molecule has 0 atom stereocenters. The van der Waals surface area contributed by atoms with Crippen LogP contribution in [0.2, 0.25) is 0 Å². The van der Waals surface area contributed by atoms with E-state index in [9.17, 15) is 0 Å². The summed E-state index contributed by atoms with van der Waals surface area (Å²) >= 11 is 0. The van der Waals surface area contributed by atoms with Gasteiger partial charge < -0.3 is 0 Å². The fourth-order valence-electron chi connectivity index (χ4n) is 0.857. The molecule has 0 aromatic heterocycles. The van der Waals surface area contributed by atoms with Gasteiger partial charge in [-0.15, -0.1) is 0 Å². The Kier molecular flexibility index (Phi) is 2.65. The van der Waals surface area contributed by atoms with E-state index in [0.29, 0.717) is 5.69 Å². The van der Waals surface area contributed by atoms with E-state index in [1.807, 2.05) is 12.1 Å². The summed E-state index contributed by atoms with van der Waals surface area (Å²) in [5.41, 5.74) is 1.36. The topological polar surface area (TPSA) is 28.1 Å². The van der Waals surface area contributed by atoms with Crippen molar-refractivity contribution in [2.45, 2.75) is 0 Å². The Bertz CT molecular complexity index is 378. The Morgan fingerprint density at radius 3 is 2.83 bits per heavy atom. The zero-order valence-corrected chi connectivity index (χ0v) is 6.36. The molecule has 0 heterocycles.